The van der Waals surface area contributed by atoms with Crippen molar-refractivity contribution in [2.75, 3.05) is 25.0 Å². The van der Waals surface area contributed by atoms with Crippen LogP contribution in [0.3, 0.4) is 0 Å². The summed E-state index contributed by atoms with van der Waals surface area (Å²) in [6, 6.07) is 5.65. The molecule has 0 atom stereocenters. The van der Waals surface area contributed by atoms with Crippen LogP contribution in [0.25, 0.3) is 11.0 Å². The number of pyridine rings is 2. The van der Waals surface area contributed by atoms with Crippen LogP contribution in [0, 0.1) is 11.2 Å². The molecule has 11 heteroatoms. The quantitative estimate of drug-likeness (QED) is 0.424. The number of benzene rings is 1. The third-order valence-electron chi connectivity index (χ3n) is 6.69. The van der Waals surface area contributed by atoms with E-state index in [2.05, 4.69) is 15.6 Å². The summed E-state index contributed by atoms with van der Waals surface area (Å²) in [5, 5.41) is 25.5. The van der Waals surface area contributed by atoms with E-state index in [1.807, 2.05) is 0 Å². The molecule has 184 valence electrons. The maximum absolute atomic E-state index is 14.7. The van der Waals surface area contributed by atoms with Gasteiger partial charge in [0, 0.05) is 30.1 Å². The van der Waals surface area contributed by atoms with Gasteiger partial charge in [-0.3, -0.25) is 19.1 Å². The van der Waals surface area contributed by atoms with E-state index in [1.54, 1.807) is 12.1 Å². The number of aromatic nitrogens is 2. The van der Waals surface area contributed by atoms with Gasteiger partial charge >= 0.3 is 0 Å². The number of carbonyl (C=O) groups excluding carboxylic acids is 1. The van der Waals surface area contributed by atoms with Crippen molar-refractivity contribution in [2.24, 2.45) is 5.41 Å². The predicted octanol–water partition coefficient (Wildman–Crippen LogP) is 2.40. The highest BCUT2D eigenvalue weighted by Gasteiger charge is 2.43. The zero-order valence-corrected chi connectivity index (χ0v) is 18.6. The Balaban J connectivity index is 1.63. The van der Waals surface area contributed by atoms with E-state index in [9.17, 15) is 33.0 Å². The maximum atomic E-state index is 14.7. The lowest BCUT2D eigenvalue weighted by atomic mass is 10.0. The lowest BCUT2D eigenvalue weighted by Crippen LogP contribution is -2.39. The van der Waals surface area contributed by atoms with E-state index < -0.39 is 53.0 Å². The highest BCUT2D eigenvalue weighted by molar-refractivity contribution is 6.04. The summed E-state index contributed by atoms with van der Waals surface area (Å²) < 4.78 is 43.4. The average molecular weight is 488 g/mol. The number of amides is 1. The molecule has 0 unspecified atom stereocenters. The number of alkyl halides is 2. The molecule has 1 aromatic carbocycles. The molecule has 2 aliphatic rings. The summed E-state index contributed by atoms with van der Waals surface area (Å²) in [7, 11) is 0. The SMILES string of the molecule is O=C(NCC1(CO)CC1)c1c(O)c2ncc(Cc3ccc(F)cc3)c3c2n(c1=O)CC(F)(F)CN3. The van der Waals surface area contributed by atoms with Gasteiger partial charge in [0.1, 0.15) is 16.9 Å². The normalized spacial score (nSPS) is 17.5. The van der Waals surface area contributed by atoms with E-state index in [1.165, 1.54) is 18.3 Å². The van der Waals surface area contributed by atoms with Crippen molar-refractivity contribution >= 4 is 22.6 Å². The summed E-state index contributed by atoms with van der Waals surface area (Å²) in [5.74, 6) is -5.37. The summed E-state index contributed by atoms with van der Waals surface area (Å²) >= 11 is 0. The van der Waals surface area contributed by atoms with Crippen LogP contribution in [0.4, 0.5) is 18.9 Å². The van der Waals surface area contributed by atoms with E-state index in [0.717, 1.165) is 4.57 Å². The first-order chi connectivity index (χ1) is 16.6. The minimum atomic E-state index is -3.33. The summed E-state index contributed by atoms with van der Waals surface area (Å²) in [6.45, 7) is -1.83. The van der Waals surface area contributed by atoms with Gasteiger partial charge in [-0.15, -0.1) is 0 Å². The van der Waals surface area contributed by atoms with Gasteiger partial charge in [0.2, 0.25) is 0 Å². The van der Waals surface area contributed by atoms with E-state index in [0.29, 0.717) is 24.0 Å². The number of halogens is 3. The Bertz CT molecular complexity index is 1380. The van der Waals surface area contributed by atoms with Crippen molar-refractivity contribution in [3.05, 3.63) is 63.3 Å². The molecule has 5 rings (SSSR count). The molecule has 4 N–H and O–H groups in total. The van der Waals surface area contributed by atoms with E-state index in [4.69, 9.17) is 0 Å². The number of aromatic hydroxyl groups is 1. The fourth-order valence-electron chi connectivity index (χ4n) is 4.37. The van der Waals surface area contributed by atoms with Gasteiger partial charge in [0.25, 0.3) is 17.4 Å². The number of carbonyl (C=O) groups is 1. The molecule has 2 aromatic heterocycles. The molecule has 1 fully saturated rings. The Morgan fingerprint density at radius 2 is 1.94 bits per heavy atom. The Morgan fingerprint density at radius 1 is 1.23 bits per heavy atom. The van der Waals surface area contributed by atoms with Gasteiger partial charge < -0.3 is 20.8 Å². The minimum absolute atomic E-state index is 0.0325. The van der Waals surface area contributed by atoms with Crippen molar-refractivity contribution in [3.63, 3.8) is 0 Å². The molecule has 0 bridgehead atoms. The Hall–Kier alpha value is -3.60. The molecule has 35 heavy (non-hydrogen) atoms. The van der Waals surface area contributed by atoms with Gasteiger partial charge in [-0.05, 0) is 30.5 Å². The molecule has 1 amide bonds. The summed E-state index contributed by atoms with van der Waals surface area (Å²) in [5.41, 5.74) is -1.05. The van der Waals surface area contributed by atoms with Gasteiger partial charge in [0.15, 0.2) is 5.75 Å². The second kappa shape index (κ2) is 8.26. The monoisotopic (exact) mass is 488 g/mol. The lowest BCUT2D eigenvalue weighted by Gasteiger charge is -2.18. The van der Waals surface area contributed by atoms with Crippen LogP contribution < -0.4 is 16.2 Å². The van der Waals surface area contributed by atoms with Crippen molar-refractivity contribution in [1.29, 1.82) is 0 Å². The molecule has 1 saturated carbocycles. The topological polar surface area (TPSA) is 116 Å². The van der Waals surface area contributed by atoms with Crippen LogP contribution in [-0.2, 0) is 13.0 Å². The molecule has 8 nitrogen and oxygen atoms in total. The van der Waals surface area contributed by atoms with Crippen LogP contribution in [-0.4, -0.2) is 51.3 Å². The number of anilines is 1. The number of hydrogen-bond acceptors (Lipinski definition) is 6. The Labute approximate surface area is 197 Å². The third-order valence-corrected chi connectivity index (χ3v) is 6.69. The summed E-state index contributed by atoms with van der Waals surface area (Å²) in [4.78, 5) is 30.3. The fourth-order valence-corrected chi connectivity index (χ4v) is 4.37. The maximum Gasteiger partial charge on any atom is 0.282 e. The standard InChI is InChI=1S/C24H23F3N4O4/c25-15-3-1-13(2-4-15)7-14-8-28-18-19-17(14)29-10-24(26,27)11-31(19)22(35)16(20(18)33)21(34)30-9-23(12-32)5-6-23/h1-4,8,29,32-33H,5-7,9-12H2,(H,30,34). The number of hydrogen-bond donors (Lipinski definition) is 4. The first-order valence-electron chi connectivity index (χ1n) is 11.2. The first kappa shape index (κ1) is 23.2. The Morgan fingerprint density at radius 3 is 2.60 bits per heavy atom. The second-order valence-electron chi connectivity index (χ2n) is 9.32. The van der Waals surface area contributed by atoms with Crippen LogP contribution in [0.1, 0.15) is 34.3 Å². The van der Waals surface area contributed by atoms with Crippen LogP contribution in [0.15, 0.2) is 35.3 Å². The largest absolute Gasteiger partial charge is 0.505 e. The van der Waals surface area contributed by atoms with Crippen LogP contribution >= 0.6 is 0 Å². The number of aliphatic hydroxyl groups is 1. The molecule has 0 radical (unpaired) electrons. The van der Waals surface area contributed by atoms with Crippen molar-refractivity contribution in [3.8, 4) is 5.75 Å². The van der Waals surface area contributed by atoms with Gasteiger partial charge in [-0.1, -0.05) is 12.1 Å². The Kier molecular flexibility index (Phi) is 5.47. The molecular formula is C24H23F3N4O4. The summed E-state index contributed by atoms with van der Waals surface area (Å²) in [6.07, 6.45) is 2.99. The smallest absolute Gasteiger partial charge is 0.282 e. The molecule has 1 aliphatic heterocycles. The van der Waals surface area contributed by atoms with E-state index >= 15 is 0 Å². The molecule has 3 aromatic rings. The first-order valence-corrected chi connectivity index (χ1v) is 11.2. The average Bonchev–Trinajstić information content (AvgIpc) is 3.62. The van der Waals surface area contributed by atoms with Crippen molar-refractivity contribution in [2.45, 2.75) is 31.7 Å². The fraction of sp³-hybridized carbons (Fsp3) is 0.375. The highest BCUT2D eigenvalue weighted by Crippen LogP contribution is 2.44. The van der Waals surface area contributed by atoms with E-state index in [-0.39, 0.29) is 36.3 Å². The zero-order chi connectivity index (χ0) is 25.0. The third kappa shape index (κ3) is 4.20. The van der Waals surface area contributed by atoms with Crippen LogP contribution in [0.2, 0.25) is 0 Å². The highest BCUT2D eigenvalue weighted by atomic mass is 19.3. The second-order valence-corrected chi connectivity index (χ2v) is 9.32. The molecule has 0 saturated heterocycles. The number of nitrogens with zero attached hydrogens (tertiary/aromatic N) is 2. The minimum Gasteiger partial charge on any atom is -0.505 e. The number of nitrogens with one attached hydrogen (secondary N) is 2. The lowest BCUT2D eigenvalue weighted by molar-refractivity contribution is -0.000939. The van der Waals surface area contributed by atoms with Crippen LogP contribution in [0.5, 0.6) is 5.75 Å². The van der Waals surface area contributed by atoms with Gasteiger partial charge in [-0.2, -0.15) is 0 Å². The molecule has 3 heterocycles. The molecule has 1 aliphatic carbocycles. The van der Waals surface area contributed by atoms with Gasteiger partial charge in [0.05, 0.1) is 30.9 Å². The number of rotatable bonds is 6. The van der Waals surface area contributed by atoms with Gasteiger partial charge in [-0.25, -0.2) is 13.2 Å². The predicted molar refractivity (Wildman–Crippen MR) is 121 cm³/mol. The number of aliphatic hydroxyl groups excluding tert-OH is 1. The van der Waals surface area contributed by atoms with Crippen molar-refractivity contribution < 1.29 is 28.2 Å². The zero-order valence-electron chi connectivity index (χ0n) is 18.6. The molecular weight excluding hydrogens is 465 g/mol. The van der Waals surface area contributed by atoms with Crippen molar-refractivity contribution in [1.82, 2.24) is 14.9 Å². The molecule has 0 spiro atoms.